The monoisotopic (exact) mass is 393 g/mol. The van der Waals surface area contributed by atoms with Crippen LogP contribution in [0.3, 0.4) is 0 Å². The Morgan fingerprint density at radius 1 is 1.48 bits per heavy atom. The molecule has 0 atom stereocenters. The molecule has 0 radical (unpaired) electrons. The molecule has 0 fully saturated rings. The Kier molecular flexibility index (Phi) is 6.66. The molecule has 27 heavy (non-hydrogen) atoms. The van der Waals surface area contributed by atoms with E-state index in [0.29, 0.717) is 34.3 Å². The number of nitro groups is 1. The van der Waals surface area contributed by atoms with E-state index in [0.717, 1.165) is 11.3 Å². The van der Waals surface area contributed by atoms with Gasteiger partial charge in [-0.15, -0.1) is 0 Å². The summed E-state index contributed by atoms with van der Waals surface area (Å²) in [6, 6.07) is 2.81. The summed E-state index contributed by atoms with van der Waals surface area (Å²) < 4.78 is 10.5. The Morgan fingerprint density at radius 2 is 2.22 bits per heavy atom. The van der Waals surface area contributed by atoms with Gasteiger partial charge in [-0.3, -0.25) is 14.9 Å². The van der Waals surface area contributed by atoms with Gasteiger partial charge in [-0.2, -0.15) is 5.10 Å². The number of rotatable bonds is 8. The van der Waals surface area contributed by atoms with Gasteiger partial charge in [-0.25, -0.2) is 10.4 Å². The molecule has 3 N–H and O–H groups in total. The summed E-state index contributed by atoms with van der Waals surface area (Å²) in [5.74, 6) is -0.216. The number of aromatic nitrogens is 1. The maximum absolute atomic E-state index is 12.2. The van der Waals surface area contributed by atoms with E-state index in [1.165, 1.54) is 25.5 Å². The molecular weight excluding hydrogens is 374 g/mol. The number of carbonyl (C=O) groups is 1. The van der Waals surface area contributed by atoms with Gasteiger partial charge < -0.3 is 15.2 Å². The fourth-order valence-corrected chi connectivity index (χ4v) is 3.10. The van der Waals surface area contributed by atoms with Gasteiger partial charge in [0.05, 0.1) is 30.5 Å². The molecule has 0 bridgehead atoms. The number of nitrogens with one attached hydrogen (secondary N) is 1. The number of thiazole rings is 1. The normalized spacial score (nSPS) is 10.8. The number of ether oxygens (including phenoxy) is 2. The number of amides is 1. The van der Waals surface area contributed by atoms with Crippen molar-refractivity contribution >= 4 is 34.3 Å². The molecule has 2 aromatic rings. The van der Waals surface area contributed by atoms with Gasteiger partial charge in [-0.05, 0) is 19.4 Å². The standard InChI is InChI=1S/C16H19N5O5S/c1-4-10-14(27-16(17)19-10)15(22)20-18-8-9-6-11(21(23)24)13(25-3)12(7-9)26-5-2/h6-8H,4-5H2,1-3H3,(H2,17,19)(H,20,22)/b18-8-. The molecule has 0 unspecified atom stereocenters. The molecule has 2 rings (SSSR count). The van der Waals surface area contributed by atoms with Crippen LogP contribution in [0.2, 0.25) is 0 Å². The van der Waals surface area contributed by atoms with E-state index >= 15 is 0 Å². The minimum atomic E-state index is -0.578. The molecule has 1 aromatic carbocycles. The minimum absolute atomic E-state index is 0.0239. The Hall–Kier alpha value is -3.21. The van der Waals surface area contributed by atoms with Crippen LogP contribution in [0.4, 0.5) is 10.8 Å². The van der Waals surface area contributed by atoms with Crippen molar-refractivity contribution in [1.82, 2.24) is 10.4 Å². The van der Waals surface area contributed by atoms with Gasteiger partial charge in [0, 0.05) is 11.6 Å². The van der Waals surface area contributed by atoms with Crippen LogP contribution >= 0.6 is 11.3 Å². The van der Waals surface area contributed by atoms with Crippen LogP contribution in [0, 0.1) is 10.1 Å². The largest absolute Gasteiger partial charge is 0.490 e. The maximum atomic E-state index is 12.2. The number of anilines is 1. The van der Waals surface area contributed by atoms with Crippen molar-refractivity contribution in [1.29, 1.82) is 0 Å². The first-order valence-corrected chi connectivity index (χ1v) is 8.80. The Morgan fingerprint density at radius 3 is 2.81 bits per heavy atom. The zero-order valence-corrected chi connectivity index (χ0v) is 15.8. The van der Waals surface area contributed by atoms with Crippen molar-refractivity contribution in [3.05, 3.63) is 38.4 Å². The fraction of sp³-hybridized carbons (Fsp3) is 0.312. The summed E-state index contributed by atoms with van der Waals surface area (Å²) >= 11 is 1.07. The third-order valence-electron chi connectivity index (χ3n) is 3.39. The number of carbonyl (C=O) groups excluding carboxylic acids is 1. The van der Waals surface area contributed by atoms with Gasteiger partial charge in [0.1, 0.15) is 4.88 Å². The van der Waals surface area contributed by atoms with E-state index in [1.54, 1.807) is 6.92 Å². The number of nitrogens with zero attached hydrogens (tertiary/aromatic N) is 3. The molecule has 1 amide bonds. The van der Waals surface area contributed by atoms with Crippen molar-refractivity contribution in [3.8, 4) is 11.5 Å². The highest BCUT2D eigenvalue weighted by Gasteiger charge is 2.21. The van der Waals surface area contributed by atoms with Crippen molar-refractivity contribution in [2.24, 2.45) is 5.10 Å². The number of nitrogen functional groups attached to an aromatic ring is 1. The number of nitro benzene ring substituents is 1. The Balaban J connectivity index is 2.25. The topological polar surface area (TPSA) is 142 Å². The summed E-state index contributed by atoms with van der Waals surface area (Å²) in [4.78, 5) is 27.4. The zero-order valence-electron chi connectivity index (χ0n) is 15.0. The lowest BCUT2D eigenvalue weighted by atomic mass is 10.2. The highest BCUT2D eigenvalue weighted by molar-refractivity contribution is 7.17. The van der Waals surface area contributed by atoms with Gasteiger partial charge in [0.25, 0.3) is 5.91 Å². The number of methoxy groups -OCH3 is 1. The second kappa shape index (κ2) is 8.94. The summed E-state index contributed by atoms with van der Waals surface area (Å²) in [6.45, 7) is 3.91. The number of hydrogen-bond acceptors (Lipinski definition) is 9. The number of hydrogen-bond donors (Lipinski definition) is 2. The number of aryl methyl sites for hydroxylation is 1. The highest BCUT2D eigenvalue weighted by atomic mass is 32.1. The van der Waals surface area contributed by atoms with Crippen molar-refractivity contribution < 1.29 is 19.2 Å². The predicted molar refractivity (Wildman–Crippen MR) is 102 cm³/mol. The molecule has 11 heteroatoms. The van der Waals surface area contributed by atoms with Crippen LogP contribution in [0.1, 0.15) is 34.8 Å². The summed E-state index contributed by atoms with van der Waals surface area (Å²) in [5, 5.41) is 15.4. The van der Waals surface area contributed by atoms with Crippen LogP contribution < -0.4 is 20.6 Å². The first-order chi connectivity index (χ1) is 12.9. The van der Waals surface area contributed by atoms with Gasteiger partial charge >= 0.3 is 5.69 Å². The minimum Gasteiger partial charge on any atom is -0.490 e. The van der Waals surface area contributed by atoms with Crippen molar-refractivity contribution in [3.63, 3.8) is 0 Å². The molecule has 10 nitrogen and oxygen atoms in total. The third kappa shape index (κ3) is 4.70. The summed E-state index contributed by atoms with van der Waals surface area (Å²) in [7, 11) is 1.32. The van der Waals surface area contributed by atoms with Crippen LogP contribution in [0.15, 0.2) is 17.2 Å². The first-order valence-electron chi connectivity index (χ1n) is 7.99. The second-order valence-electron chi connectivity index (χ2n) is 5.14. The quantitative estimate of drug-likeness (QED) is 0.398. The Bertz CT molecular complexity index is 880. The lowest BCUT2D eigenvalue weighted by Gasteiger charge is -2.10. The average Bonchev–Trinajstić information content (AvgIpc) is 3.02. The van der Waals surface area contributed by atoms with Gasteiger partial charge in [0.2, 0.25) is 5.75 Å². The van der Waals surface area contributed by atoms with Crippen LogP contribution in [-0.2, 0) is 6.42 Å². The van der Waals surface area contributed by atoms with Crippen molar-refractivity contribution in [2.45, 2.75) is 20.3 Å². The third-order valence-corrected chi connectivity index (χ3v) is 4.32. The van der Waals surface area contributed by atoms with E-state index in [2.05, 4.69) is 15.5 Å². The molecule has 1 aromatic heterocycles. The summed E-state index contributed by atoms with van der Waals surface area (Å²) in [6.07, 6.45) is 1.84. The fourth-order valence-electron chi connectivity index (χ4n) is 2.29. The molecule has 0 saturated heterocycles. The molecule has 0 saturated carbocycles. The maximum Gasteiger partial charge on any atom is 0.315 e. The van der Waals surface area contributed by atoms with E-state index in [-0.39, 0.29) is 17.2 Å². The van der Waals surface area contributed by atoms with E-state index in [1.807, 2.05) is 6.92 Å². The zero-order chi connectivity index (χ0) is 20.0. The summed E-state index contributed by atoms with van der Waals surface area (Å²) in [5.41, 5.74) is 8.69. The number of nitrogens with two attached hydrogens (primary N) is 1. The lowest BCUT2D eigenvalue weighted by molar-refractivity contribution is -0.385. The number of hydrazone groups is 1. The smallest absolute Gasteiger partial charge is 0.315 e. The highest BCUT2D eigenvalue weighted by Crippen LogP contribution is 2.37. The predicted octanol–water partition coefficient (Wildman–Crippen LogP) is 2.37. The average molecular weight is 393 g/mol. The SMILES string of the molecule is CCOc1cc(/C=N\NC(=O)c2sc(N)nc2CC)cc([N+](=O)[O-])c1OC. The molecule has 0 aliphatic rings. The molecule has 144 valence electrons. The van der Waals surface area contributed by atoms with E-state index in [9.17, 15) is 14.9 Å². The lowest BCUT2D eigenvalue weighted by Crippen LogP contribution is -2.17. The van der Waals surface area contributed by atoms with Crippen molar-refractivity contribution in [2.75, 3.05) is 19.5 Å². The molecule has 0 aliphatic carbocycles. The molecular formula is C16H19N5O5S. The van der Waals surface area contributed by atoms with E-state index < -0.39 is 10.8 Å². The first kappa shape index (κ1) is 20.1. The van der Waals surface area contributed by atoms with Gasteiger partial charge in [-0.1, -0.05) is 18.3 Å². The van der Waals surface area contributed by atoms with Gasteiger partial charge in [0.15, 0.2) is 10.9 Å². The van der Waals surface area contributed by atoms with Crippen LogP contribution in [0.5, 0.6) is 11.5 Å². The second-order valence-corrected chi connectivity index (χ2v) is 6.17. The van der Waals surface area contributed by atoms with Crippen LogP contribution in [0.25, 0.3) is 0 Å². The van der Waals surface area contributed by atoms with E-state index in [4.69, 9.17) is 15.2 Å². The molecule has 0 spiro atoms. The Labute approximate surface area is 159 Å². The molecule has 0 aliphatic heterocycles. The number of benzene rings is 1. The molecule has 1 heterocycles. The van der Waals surface area contributed by atoms with Crippen LogP contribution in [-0.4, -0.2) is 35.7 Å².